The molecule has 0 bridgehead atoms. The van der Waals surface area contributed by atoms with Gasteiger partial charge in [0.05, 0.1) is 18.4 Å². The minimum Gasteiger partial charge on any atom is -0.485 e. The Labute approximate surface area is 145 Å². The van der Waals surface area contributed by atoms with Crippen LogP contribution in [0.4, 0.5) is 4.39 Å². The van der Waals surface area contributed by atoms with Crippen molar-refractivity contribution in [3.63, 3.8) is 0 Å². The number of aliphatic hydroxyl groups is 1. The Morgan fingerprint density at radius 3 is 2.64 bits per heavy atom. The van der Waals surface area contributed by atoms with Crippen LogP contribution in [0.1, 0.15) is 17.2 Å². The lowest BCUT2D eigenvalue weighted by Gasteiger charge is -2.22. The Morgan fingerprint density at radius 2 is 1.92 bits per heavy atom. The molecule has 7 heteroatoms. The molecule has 2 aromatic carbocycles. The van der Waals surface area contributed by atoms with Crippen LogP contribution in [0.3, 0.4) is 0 Å². The summed E-state index contributed by atoms with van der Waals surface area (Å²) in [6.07, 6.45) is -0.567. The van der Waals surface area contributed by atoms with Gasteiger partial charge in [0, 0.05) is 18.0 Å². The summed E-state index contributed by atoms with van der Waals surface area (Å²) in [6.45, 7) is -0.0505. The maximum absolute atomic E-state index is 14.0. The predicted octanol–water partition coefficient (Wildman–Crippen LogP) is 2.08. The first kappa shape index (κ1) is 16.5. The number of benzene rings is 2. The largest absolute Gasteiger partial charge is 0.485 e. The van der Waals surface area contributed by atoms with Gasteiger partial charge in [0.2, 0.25) is 10.0 Å². The van der Waals surface area contributed by atoms with Crippen LogP contribution in [0.2, 0.25) is 0 Å². The fourth-order valence-corrected chi connectivity index (χ4v) is 5.48. The van der Waals surface area contributed by atoms with Gasteiger partial charge in [0.1, 0.15) is 6.10 Å². The number of nitrogens with zero attached hydrogens (tertiary/aromatic N) is 1. The first-order chi connectivity index (χ1) is 12.0. The topological polar surface area (TPSA) is 66.8 Å². The van der Waals surface area contributed by atoms with E-state index < -0.39 is 28.0 Å². The molecule has 0 unspecified atom stereocenters. The van der Waals surface area contributed by atoms with Crippen molar-refractivity contribution in [1.29, 1.82) is 0 Å². The Balaban J connectivity index is 1.72. The zero-order valence-corrected chi connectivity index (χ0v) is 14.2. The lowest BCUT2D eigenvalue weighted by atomic mass is 10.00. The maximum atomic E-state index is 14.0. The number of aliphatic hydroxyl groups excluding tert-OH is 1. The average molecular weight is 363 g/mol. The normalized spacial score (nSPS) is 25.4. The molecule has 2 aliphatic heterocycles. The molecule has 25 heavy (non-hydrogen) atoms. The van der Waals surface area contributed by atoms with Crippen molar-refractivity contribution >= 4 is 10.0 Å². The number of ether oxygens (including phenoxy) is 1. The molecule has 2 heterocycles. The first-order valence-corrected chi connectivity index (χ1v) is 9.71. The molecule has 0 aromatic heterocycles. The van der Waals surface area contributed by atoms with Crippen molar-refractivity contribution in [3.05, 3.63) is 65.5 Å². The highest BCUT2D eigenvalue weighted by Gasteiger charge is 2.53. The van der Waals surface area contributed by atoms with Crippen LogP contribution in [0.5, 0.6) is 5.75 Å². The second kappa shape index (κ2) is 6.09. The molecule has 1 N–H and O–H groups in total. The molecule has 4 rings (SSSR count). The first-order valence-electron chi connectivity index (χ1n) is 8.10. The number of para-hydroxylation sites is 1. The van der Waals surface area contributed by atoms with Gasteiger partial charge in [-0.1, -0.05) is 42.5 Å². The zero-order chi connectivity index (χ0) is 17.6. The van der Waals surface area contributed by atoms with Crippen LogP contribution in [0.25, 0.3) is 0 Å². The zero-order valence-electron chi connectivity index (χ0n) is 13.4. The number of halogens is 1. The van der Waals surface area contributed by atoms with E-state index in [-0.39, 0.29) is 30.6 Å². The van der Waals surface area contributed by atoms with E-state index in [2.05, 4.69) is 0 Å². The fourth-order valence-electron chi connectivity index (χ4n) is 3.70. The van der Waals surface area contributed by atoms with E-state index in [1.54, 1.807) is 36.4 Å². The van der Waals surface area contributed by atoms with Gasteiger partial charge >= 0.3 is 0 Å². The van der Waals surface area contributed by atoms with Crippen molar-refractivity contribution < 1.29 is 22.7 Å². The van der Waals surface area contributed by atoms with Crippen molar-refractivity contribution in [2.75, 3.05) is 13.2 Å². The summed E-state index contributed by atoms with van der Waals surface area (Å²) in [5, 5.41) is 9.64. The van der Waals surface area contributed by atoms with Gasteiger partial charge in [-0.25, -0.2) is 12.8 Å². The Bertz CT molecular complexity index is 887. The third-order valence-electron chi connectivity index (χ3n) is 4.85. The summed E-state index contributed by atoms with van der Waals surface area (Å²) in [6, 6.07) is 12.8. The highest BCUT2D eigenvalue weighted by Crippen LogP contribution is 2.49. The molecule has 3 atom stereocenters. The minimum absolute atomic E-state index is 0.0931. The monoisotopic (exact) mass is 363 g/mol. The minimum atomic E-state index is -3.65. The molecule has 0 saturated carbocycles. The van der Waals surface area contributed by atoms with Gasteiger partial charge in [-0.15, -0.1) is 0 Å². The second-order valence-corrected chi connectivity index (χ2v) is 8.36. The summed E-state index contributed by atoms with van der Waals surface area (Å²) in [7, 11) is -3.65. The van der Waals surface area contributed by atoms with Crippen molar-refractivity contribution in [2.24, 2.45) is 5.92 Å². The smallest absolute Gasteiger partial charge is 0.218 e. The average Bonchev–Trinajstić information content (AvgIpc) is 3.14. The van der Waals surface area contributed by atoms with Gasteiger partial charge in [0.25, 0.3) is 0 Å². The summed E-state index contributed by atoms with van der Waals surface area (Å²) in [4.78, 5) is 0. The number of hydrogen-bond acceptors (Lipinski definition) is 4. The van der Waals surface area contributed by atoms with Crippen molar-refractivity contribution in [3.8, 4) is 5.75 Å². The molecule has 0 spiro atoms. The summed E-state index contributed by atoms with van der Waals surface area (Å²) in [5.41, 5.74) is 1.21. The molecule has 1 saturated heterocycles. The molecule has 0 amide bonds. The number of rotatable bonds is 4. The number of fused-ring (bicyclic) bond motifs is 3. The lowest BCUT2D eigenvalue weighted by Crippen LogP contribution is -2.33. The van der Waals surface area contributed by atoms with Crippen molar-refractivity contribution in [2.45, 2.75) is 17.9 Å². The van der Waals surface area contributed by atoms with Crippen LogP contribution in [0.15, 0.2) is 48.5 Å². The summed E-state index contributed by atoms with van der Waals surface area (Å²) < 4.78 is 47.1. The predicted molar refractivity (Wildman–Crippen MR) is 89.9 cm³/mol. The van der Waals surface area contributed by atoms with E-state index in [0.717, 1.165) is 0 Å². The van der Waals surface area contributed by atoms with Gasteiger partial charge in [-0.05, 0) is 11.6 Å². The van der Waals surface area contributed by atoms with Gasteiger partial charge in [-0.2, -0.15) is 4.31 Å². The van der Waals surface area contributed by atoms with E-state index in [0.29, 0.717) is 11.1 Å². The SMILES string of the molecule is O=S(=O)(Cc1ccccc1)N1C[C@@H](CO)[C@@H]2Oc3c(F)cccc3[C@@H]21. The molecule has 5 nitrogen and oxygen atoms in total. The Morgan fingerprint density at radius 1 is 1.16 bits per heavy atom. The summed E-state index contributed by atoms with van der Waals surface area (Å²) in [5.74, 6) is -0.943. The molecule has 2 aromatic rings. The van der Waals surface area contributed by atoms with Crippen LogP contribution < -0.4 is 4.74 Å². The van der Waals surface area contributed by atoms with E-state index in [4.69, 9.17) is 4.74 Å². The lowest BCUT2D eigenvalue weighted by molar-refractivity contribution is 0.118. The molecular weight excluding hydrogens is 345 g/mol. The highest BCUT2D eigenvalue weighted by atomic mass is 32.2. The number of hydrogen-bond donors (Lipinski definition) is 1. The van der Waals surface area contributed by atoms with E-state index in [1.165, 1.54) is 10.4 Å². The molecule has 1 fully saturated rings. The molecular formula is C18H18FNO4S. The van der Waals surface area contributed by atoms with Gasteiger partial charge in [0.15, 0.2) is 11.6 Å². The van der Waals surface area contributed by atoms with Crippen LogP contribution in [-0.4, -0.2) is 37.1 Å². The third-order valence-corrected chi connectivity index (χ3v) is 6.64. The number of sulfonamides is 1. The van der Waals surface area contributed by atoms with Gasteiger partial charge < -0.3 is 9.84 Å². The fraction of sp³-hybridized carbons (Fsp3) is 0.333. The molecule has 0 radical (unpaired) electrons. The van der Waals surface area contributed by atoms with Crippen LogP contribution in [-0.2, 0) is 15.8 Å². The van der Waals surface area contributed by atoms with E-state index in [9.17, 15) is 17.9 Å². The second-order valence-electron chi connectivity index (χ2n) is 6.44. The summed E-state index contributed by atoms with van der Waals surface area (Å²) >= 11 is 0. The quantitative estimate of drug-likeness (QED) is 0.903. The van der Waals surface area contributed by atoms with Crippen LogP contribution in [0, 0.1) is 11.7 Å². The highest BCUT2D eigenvalue weighted by molar-refractivity contribution is 7.88. The van der Waals surface area contributed by atoms with Crippen LogP contribution >= 0.6 is 0 Å². The standard InChI is InChI=1S/C18H18FNO4S/c19-15-8-4-7-14-16-17(24-18(14)15)13(10-21)9-20(16)25(22,23)11-12-5-2-1-3-6-12/h1-8,13,16-17,21H,9-11H2/t13-,16-,17-/m0/s1. The van der Waals surface area contributed by atoms with E-state index in [1.807, 2.05) is 6.07 Å². The molecule has 0 aliphatic carbocycles. The third kappa shape index (κ3) is 2.72. The van der Waals surface area contributed by atoms with Gasteiger partial charge in [-0.3, -0.25) is 0 Å². The maximum Gasteiger partial charge on any atom is 0.218 e. The Hall–Kier alpha value is -1.96. The molecule has 132 valence electrons. The Kier molecular flexibility index (Phi) is 4.02. The van der Waals surface area contributed by atoms with Crippen molar-refractivity contribution in [1.82, 2.24) is 4.31 Å². The molecule has 2 aliphatic rings. The van der Waals surface area contributed by atoms with E-state index >= 15 is 0 Å².